The summed E-state index contributed by atoms with van der Waals surface area (Å²) in [7, 11) is 3.54. The van der Waals surface area contributed by atoms with Crippen molar-refractivity contribution < 1.29 is 4.79 Å². The zero-order chi connectivity index (χ0) is 14.3. The van der Waals surface area contributed by atoms with Gasteiger partial charge >= 0.3 is 0 Å². The van der Waals surface area contributed by atoms with Gasteiger partial charge in [0.15, 0.2) is 5.96 Å². The Bertz CT molecular complexity index is 307. The van der Waals surface area contributed by atoms with Crippen LogP contribution < -0.4 is 10.6 Å². The SMILES string of the molecule is CN=C(NCC(C)C)N1CCC(CC(=O)NC)CC1. The Morgan fingerprint density at radius 3 is 2.47 bits per heavy atom. The minimum atomic E-state index is 0.153. The summed E-state index contributed by atoms with van der Waals surface area (Å²) in [4.78, 5) is 18.0. The fraction of sp³-hybridized carbons (Fsp3) is 0.857. The quantitative estimate of drug-likeness (QED) is 0.592. The van der Waals surface area contributed by atoms with Crippen molar-refractivity contribution in [1.29, 1.82) is 0 Å². The minimum absolute atomic E-state index is 0.153. The number of carbonyl (C=O) groups excluding carboxylic acids is 1. The van der Waals surface area contributed by atoms with Gasteiger partial charge in [-0.15, -0.1) is 0 Å². The molecule has 0 aliphatic carbocycles. The van der Waals surface area contributed by atoms with Gasteiger partial charge in [-0.1, -0.05) is 13.8 Å². The van der Waals surface area contributed by atoms with Crippen molar-refractivity contribution in [3.05, 3.63) is 0 Å². The van der Waals surface area contributed by atoms with Gasteiger partial charge in [-0.3, -0.25) is 9.79 Å². The summed E-state index contributed by atoms with van der Waals surface area (Å²) in [5.41, 5.74) is 0. The Morgan fingerprint density at radius 2 is 2.00 bits per heavy atom. The van der Waals surface area contributed by atoms with E-state index in [9.17, 15) is 4.79 Å². The molecule has 0 radical (unpaired) electrons. The third-order valence-corrected chi connectivity index (χ3v) is 3.55. The first kappa shape index (κ1) is 15.8. The summed E-state index contributed by atoms with van der Waals surface area (Å²) in [6.45, 7) is 7.30. The van der Waals surface area contributed by atoms with E-state index in [2.05, 4.69) is 34.4 Å². The topological polar surface area (TPSA) is 56.7 Å². The van der Waals surface area contributed by atoms with Crippen molar-refractivity contribution in [3.63, 3.8) is 0 Å². The second kappa shape index (κ2) is 8.02. The predicted octanol–water partition coefficient (Wildman–Crippen LogP) is 1.07. The zero-order valence-electron chi connectivity index (χ0n) is 12.7. The molecule has 1 amide bonds. The van der Waals surface area contributed by atoms with Crippen molar-refractivity contribution in [2.45, 2.75) is 33.1 Å². The average molecular weight is 268 g/mol. The molecule has 110 valence electrons. The summed E-state index contributed by atoms with van der Waals surface area (Å²) in [5.74, 6) is 2.27. The fourth-order valence-electron chi connectivity index (χ4n) is 2.34. The highest BCUT2D eigenvalue weighted by Gasteiger charge is 2.22. The van der Waals surface area contributed by atoms with Gasteiger partial charge in [-0.2, -0.15) is 0 Å². The second-order valence-electron chi connectivity index (χ2n) is 5.63. The summed E-state index contributed by atoms with van der Waals surface area (Å²) in [5, 5.41) is 6.10. The molecule has 0 unspecified atom stereocenters. The molecular weight excluding hydrogens is 240 g/mol. The second-order valence-corrected chi connectivity index (χ2v) is 5.63. The van der Waals surface area contributed by atoms with Crippen LogP contribution in [0.3, 0.4) is 0 Å². The number of nitrogens with one attached hydrogen (secondary N) is 2. The van der Waals surface area contributed by atoms with Gasteiger partial charge in [0.2, 0.25) is 5.91 Å². The van der Waals surface area contributed by atoms with E-state index in [0.717, 1.165) is 38.4 Å². The molecule has 0 saturated carbocycles. The average Bonchev–Trinajstić information content (AvgIpc) is 2.40. The Morgan fingerprint density at radius 1 is 1.37 bits per heavy atom. The molecule has 0 spiro atoms. The van der Waals surface area contributed by atoms with E-state index in [0.29, 0.717) is 18.3 Å². The molecule has 1 fully saturated rings. The lowest BCUT2D eigenvalue weighted by Gasteiger charge is -2.34. The van der Waals surface area contributed by atoms with Gasteiger partial charge < -0.3 is 15.5 Å². The van der Waals surface area contributed by atoms with Gasteiger partial charge in [0.25, 0.3) is 0 Å². The van der Waals surface area contributed by atoms with E-state index < -0.39 is 0 Å². The number of aliphatic imine (C=N–C) groups is 1. The van der Waals surface area contributed by atoms with Crippen LogP contribution in [-0.4, -0.2) is 50.5 Å². The first-order valence-electron chi connectivity index (χ1n) is 7.23. The Kier molecular flexibility index (Phi) is 6.67. The monoisotopic (exact) mass is 268 g/mol. The normalized spacial score (nSPS) is 17.7. The van der Waals surface area contributed by atoms with Crippen molar-refractivity contribution in [2.75, 3.05) is 33.7 Å². The summed E-state index contributed by atoms with van der Waals surface area (Å²) < 4.78 is 0. The lowest BCUT2D eigenvalue weighted by Crippen LogP contribution is -2.46. The van der Waals surface area contributed by atoms with Gasteiger partial charge in [-0.25, -0.2) is 0 Å². The Hall–Kier alpha value is -1.26. The van der Waals surface area contributed by atoms with Crippen LogP contribution in [-0.2, 0) is 4.79 Å². The number of guanidine groups is 1. The van der Waals surface area contributed by atoms with Crippen molar-refractivity contribution in [3.8, 4) is 0 Å². The van der Waals surface area contributed by atoms with Crippen molar-refractivity contribution >= 4 is 11.9 Å². The number of carbonyl (C=O) groups is 1. The third kappa shape index (κ3) is 5.49. The van der Waals surface area contributed by atoms with E-state index in [-0.39, 0.29) is 5.91 Å². The molecular formula is C14H28N4O. The Labute approximate surface area is 116 Å². The van der Waals surface area contributed by atoms with Crippen LogP contribution in [0.5, 0.6) is 0 Å². The summed E-state index contributed by atoms with van der Waals surface area (Å²) in [6.07, 6.45) is 2.79. The first-order valence-corrected chi connectivity index (χ1v) is 7.23. The van der Waals surface area contributed by atoms with E-state index in [1.165, 1.54) is 0 Å². The Balaban J connectivity index is 2.37. The van der Waals surface area contributed by atoms with Crippen LogP contribution in [0, 0.1) is 11.8 Å². The van der Waals surface area contributed by atoms with Crippen LogP contribution in [0.1, 0.15) is 33.1 Å². The van der Waals surface area contributed by atoms with E-state index in [4.69, 9.17) is 0 Å². The molecule has 19 heavy (non-hydrogen) atoms. The van der Waals surface area contributed by atoms with Crippen LogP contribution in [0.4, 0.5) is 0 Å². The molecule has 5 heteroatoms. The number of rotatable bonds is 4. The standard InChI is InChI=1S/C14H28N4O/c1-11(2)10-17-14(16-4)18-7-5-12(6-8-18)9-13(19)15-3/h11-12H,5-10H2,1-4H3,(H,15,19)(H,16,17). The number of hydrogen-bond donors (Lipinski definition) is 2. The maximum atomic E-state index is 11.4. The smallest absolute Gasteiger partial charge is 0.220 e. The van der Waals surface area contributed by atoms with Crippen molar-refractivity contribution in [1.82, 2.24) is 15.5 Å². The minimum Gasteiger partial charge on any atom is -0.359 e. The third-order valence-electron chi connectivity index (χ3n) is 3.55. The van der Waals surface area contributed by atoms with Gasteiger partial charge in [0.1, 0.15) is 0 Å². The lowest BCUT2D eigenvalue weighted by molar-refractivity contribution is -0.121. The molecule has 0 aromatic rings. The maximum absolute atomic E-state index is 11.4. The van der Waals surface area contributed by atoms with Gasteiger partial charge in [-0.05, 0) is 24.7 Å². The molecule has 1 saturated heterocycles. The highest BCUT2D eigenvalue weighted by atomic mass is 16.1. The molecule has 0 aromatic carbocycles. The number of amides is 1. The number of piperidine rings is 1. The molecule has 2 N–H and O–H groups in total. The zero-order valence-corrected chi connectivity index (χ0v) is 12.7. The predicted molar refractivity (Wildman–Crippen MR) is 79.2 cm³/mol. The summed E-state index contributed by atoms with van der Waals surface area (Å²) in [6, 6.07) is 0. The van der Waals surface area contributed by atoms with E-state index >= 15 is 0 Å². The molecule has 1 heterocycles. The largest absolute Gasteiger partial charge is 0.359 e. The number of hydrogen-bond acceptors (Lipinski definition) is 2. The van der Waals surface area contributed by atoms with Crippen LogP contribution in [0.2, 0.25) is 0 Å². The highest BCUT2D eigenvalue weighted by Crippen LogP contribution is 2.20. The number of nitrogens with zero attached hydrogens (tertiary/aromatic N) is 2. The molecule has 1 rings (SSSR count). The van der Waals surface area contributed by atoms with Crippen LogP contribution >= 0.6 is 0 Å². The number of likely N-dealkylation sites (tertiary alicyclic amines) is 1. The lowest BCUT2D eigenvalue weighted by atomic mass is 9.93. The molecule has 0 atom stereocenters. The molecule has 1 aliphatic heterocycles. The van der Waals surface area contributed by atoms with Crippen LogP contribution in [0.25, 0.3) is 0 Å². The van der Waals surface area contributed by atoms with Gasteiger partial charge in [0.05, 0.1) is 0 Å². The molecule has 0 aromatic heterocycles. The molecule has 1 aliphatic rings. The first-order chi connectivity index (χ1) is 9.06. The van der Waals surface area contributed by atoms with E-state index in [1.54, 1.807) is 7.05 Å². The maximum Gasteiger partial charge on any atom is 0.220 e. The summed E-state index contributed by atoms with van der Waals surface area (Å²) >= 11 is 0. The van der Waals surface area contributed by atoms with E-state index in [1.807, 2.05) is 7.05 Å². The molecule has 0 bridgehead atoms. The fourth-order valence-corrected chi connectivity index (χ4v) is 2.34. The van der Waals surface area contributed by atoms with Crippen LogP contribution in [0.15, 0.2) is 4.99 Å². The molecule has 5 nitrogen and oxygen atoms in total. The highest BCUT2D eigenvalue weighted by molar-refractivity contribution is 5.80. The van der Waals surface area contributed by atoms with Gasteiger partial charge in [0, 0.05) is 40.2 Å². The van der Waals surface area contributed by atoms with Crippen molar-refractivity contribution in [2.24, 2.45) is 16.8 Å².